The van der Waals surface area contributed by atoms with Gasteiger partial charge in [-0.1, -0.05) is 19.4 Å². The maximum Gasteiger partial charge on any atom is 0.255 e. The highest BCUT2D eigenvalue weighted by Gasteiger charge is 2.67. The Balaban J connectivity index is 1.93. The average Bonchev–Trinajstić information content (AvgIpc) is 3.12. The second-order valence-electron chi connectivity index (χ2n) is 9.78. The number of Topliss-reactive ketones (excluding diaryl/α,β-unsaturated/α-hetero) is 1. The highest BCUT2D eigenvalue weighted by Crippen LogP contribution is 2.56. The summed E-state index contributed by atoms with van der Waals surface area (Å²) in [5.74, 6) is 1.66. The van der Waals surface area contributed by atoms with Crippen molar-refractivity contribution in [2.75, 3.05) is 46.4 Å². The third-order valence-electron chi connectivity index (χ3n) is 7.46. The molecule has 0 bridgehead atoms. The number of nitrogens with zero attached hydrogens (tertiary/aromatic N) is 2. The molecular weight excluding hydrogens is 476 g/mol. The summed E-state index contributed by atoms with van der Waals surface area (Å²) in [6.07, 6.45) is 1.53. The van der Waals surface area contributed by atoms with Gasteiger partial charge in [-0.25, -0.2) is 0 Å². The maximum atomic E-state index is 14.5. The molecule has 2 aliphatic rings. The maximum absolute atomic E-state index is 14.5. The summed E-state index contributed by atoms with van der Waals surface area (Å²) < 4.78 is 22.0. The standard InChI is InChI=1S/C28H36N2O7/c1-7-8-11-30-21-14-25(37-6)24(36-5)13-20(21)28(26(30)32)27(2,33)15-19(31)17-29(28)16-18-9-10-22(34-3)23(12-18)35-4/h9-10,12-14,33H,7-8,11,15-17H2,1-6H3/t27-,28?/m0/s1. The van der Waals surface area contributed by atoms with Crippen molar-refractivity contribution in [3.8, 4) is 23.0 Å². The van der Waals surface area contributed by atoms with E-state index in [2.05, 4.69) is 6.92 Å². The topological polar surface area (TPSA) is 97.8 Å². The molecular formula is C28H36N2O7. The summed E-state index contributed by atoms with van der Waals surface area (Å²) in [7, 11) is 6.20. The van der Waals surface area contributed by atoms with Gasteiger partial charge in [0.05, 0.1) is 40.7 Å². The first-order chi connectivity index (χ1) is 17.7. The van der Waals surface area contributed by atoms with E-state index in [1.165, 1.54) is 7.11 Å². The number of piperidine rings is 1. The summed E-state index contributed by atoms with van der Waals surface area (Å²) in [5, 5.41) is 12.0. The number of methoxy groups -OCH3 is 4. The molecule has 1 saturated heterocycles. The van der Waals surface area contributed by atoms with Crippen molar-refractivity contribution in [2.24, 2.45) is 0 Å². The molecule has 2 atom stereocenters. The van der Waals surface area contributed by atoms with Crippen LogP contribution in [0.4, 0.5) is 5.69 Å². The number of unbranched alkanes of at least 4 members (excludes halogenated alkanes) is 1. The monoisotopic (exact) mass is 512 g/mol. The zero-order valence-electron chi connectivity index (χ0n) is 22.4. The lowest BCUT2D eigenvalue weighted by atomic mass is 9.69. The Bertz CT molecular complexity index is 1200. The predicted molar refractivity (Wildman–Crippen MR) is 139 cm³/mol. The van der Waals surface area contributed by atoms with Crippen molar-refractivity contribution in [3.63, 3.8) is 0 Å². The molecule has 2 aromatic carbocycles. The van der Waals surface area contributed by atoms with Gasteiger partial charge in [0.15, 0.2) is 28.5 Å². The molecule has 2 aromatic rings. The number of amides is 1. The summed E-state index contributed by atoms with van der Waals surface area (Å²) in [6, 6.07) is 9.04. The summed E-state index contributed by atoms with van der Waals surface area (Å²) >= 11 is 0. The zero-order valence-corrected chi connectivity index (χ0v) is 22.4. The number of ketones is 1. The lowest BCUT2D eigenvalue weighted by Gasteiger charge is -2.51. The van der Waals surface area contributed by atoms with Crippen molar-refractivity contribution in [2.45, 2.75) is 50.8 Å². The van der Waals surface area contributed by atoms with Gasteiger partial charge in [0.25, 0.3) is 5.91 Å². The Morgan fingerprint density at radius 2 is 1.54 bits per heavy atom. The number of aliphatic hydroxyl groups is 1. The van der Waals surface area contributed by atoms with Crippen LogP contribution in [-0.4, -0.2) is 68.8 Å². The predicted octanol–water partition coefficient (Wildman–Crippen LogP) is 3.29. The van der Waals surface area contributed by atoms with Crippen LogP contribution in [0.15, 0.2) is 30.3 Å². The minimum atomic E-state index is -1.68. The van der Waals surface area contributed by atoms with E-state index in [0.29, 0.717) is 40.8 Å². The van der Waals surface area contributed by atoms with E-state index < -0.39 is 11.1 Å². The van der Waals surface area contributed by atoms with Gasteiger partial charge in [-0.05, 0) is 37.1 Å². The summed E-state index contributed by atoms with van der Waals surface area (Å²) in [4.78, 5) is 30.9. The van der Waals surface area contributed by atoms with Gasteiger partial charge in [-0.2, -0.15) is 0 Å². The van der Waals surface area contributed by atoms with E-state index in [1.807, 2.05) is 12.1 Å². The van der Waals surface area contributed by atoms with Crippen molar-refractivity contribution in [3.05, 3.63) is 41.5 Å². The molecule has 2 heterocycles. The van der Waals surface area contributed by atoms with Crippen LogP contribution >= 0.6 is 0 Å². The number of carbonyl (C=O) groups excluding carboxylic acids is 2. The molecule has 1 fully saturated rings. The summed E-state index contributed by atoms with van der Waals surface area (Å²) in [6.45, 7) is 4.35. The molecule has 9 heteroatoms. The van der Waals surface area contributed by atoms with Crippen LogP contribution in [0.2, 0.25) is 0 Å². The number of ether oxygens (including phenoxy) is 4. The fourth-order valence-corrected chi connectivity index (χ4v) is 5.78. The smallest absolute Gasteiger partial charge is 0.255 e. The first kappa shape index (κ1) is 26.8. The average molecular weight is 513 g/mol. The Morgan fingerprint density at radius 1 is 0.919 bits per heavy atom. The number of hydrogen-bond donors (Lipinski definition) is 1. The number of carbonyl (C=O) groups is 2. The second kappa shape index (κ2) is 10.2. The quantitative estimate of drug-likeness (QED) is 0.547. The van der Waals surface area contributed by atoms with Gasteiger partial charge in [0, 0.05) is 31.1 Å². The molecule has 0 saturated carbocycles. The Hall–Kier alpha value is -3.30. The van der Waals surface area contributed by atoms with Gasteiger partial charge in [0.2, 0.25) is 0 Å². The van der Waals surface area contributed by atoms with Crippen LogP contribution in [0.1, 0.15) is 44.2 Å². The van der Waals surface area contributed by atoms with Crippen molar-refractivity contribution in [1.82, 2.24) is 4.90 Å². The van der Waals surface area contributed by atoms with Crippen molar-refractivity contribution < 1.29 is 33.6 Å². The van der Waals surface area contributed by atoms with E-state index in [1.54, 1.807) is 56.3 Å². The molecule has 2 aliphatic heterocycles. The lowest BCUT2D eigenvalue weighted by Crippen LogP contribution is -2.69. The molecule has 1 unspecified atom stereocenters. The van der Waals surface area contributed by atoms with E-state index in [0.717, 1.165) is 18.4 Å². The van der Waals surface area contributed by atoms with E-state index in [-0.39, 0.29) is 31.2 Å². The molecule has 1 N–H and O–H groups in total. The van der Waals surface area contributed by atoms with Crippen molar-refractivity contribution in [1.29, 1.82) is 0 Å². The van der Waals surface area contributed by atoms with E-state index in [9.17, 15) is 14.7 Å². The van der Waals surface area contributed by atoms with Crippen LogP contribution in [-0.2, 0) is 21.7 Å². The van der Waals surface area contributed by atoms with Crippen LogP contribution < -0.4 is 23.8 Å². The first-order valence-electron chi connectivity index (χ1n) is 12.5. The van der Waals surface area contributed by atoms with Crippen LogP contribution in [0.3, 0.4) is 0 Å². The molecule has 200 valence electrons. The Kier molecular flexibility index (Phi) is 7.39. The Labute approximate surface area is 217 Å². The molecule has 0 radical (unpaired) electrons. The third-order valence-corrected chi connectivity index (χ3v) is 7.46. The lowest BCUT2D eigenvalue weighted by molar-refractivity contribution is -0.171. The third kappa shape index (κ3) is 4.20. The largest absolute Gasteiger partial charge is 0.493 e. The SMILES string of the molecule is CCCCN1C(=O)C2(c3cc(OC)c(OC)cc31)N(Cc1ccc(OC)c(OC)c1)CC(=O)C[C@]2(C)O. The van der Waals surface area contributed by atoms with E-state index >= 15 is 0 Å². The van der Waals surface area contributed by atoms with Gasteiger partial charge in [-0.15, -0.1) is 0 Å². The normalized spacial score (nSPS) is 23.4. The summed E-state index contributed by atoms with van der Waals surface area (Å²) in [5.41, 5.74) is -1.11. The minimum Gasteiger partial charge on any atom is -0.493 e. The van der Waals surface area contributed by atoms with E-state index in [4.69, 9.17) is 18.9 Å². The fraction of sp³-hybridized carbons (Fsp3) is 0.500. The van der Waals surface area contributed by atoms with Crippen LogP contribution in [0, 0.1) is 0 Å². The molecule has 1 spiro atoms. The Morgan fingerprint density at radius 3 is 2.16 bits per heavy atom. The van der Waals surface area contributed by atoms with Crippen LogP contribution in [0.5, 0.6) is 23.0 Å². The van der Waals surface area contributed by atoms with Gasteiger partial charge in [0.1, 0.15) is 11.4 Å². The molecule has 37 heavy (non-hydrogen) atoms. The van der Waals surface area contributed by atoms with Gasteiger partial charge in [-0.3, -0.25) is 14.5 Å². The number of anilines is 1. The first-order valence-corrected chi connectivity index (χ1v) is 12.5. The second-order valence-corrected chi connectivity index (χ2v) is 9.78. The number of rotatable bonds is 9. The molecule has 9 nitrogen and oxygen atoms in total. The highest BCUT2D eigenvalue weighted by molar-refractivity contribution is 6.10. The van der Waals surface area contributed by atoms with Gasteiger partial charge < -0.3 is 29.0 Å². The highest BCUT2D eigenvalue weighted by atomic mass is 16.5. The fourth-order valence-electron chi connectivity index (χ4n) is 5.78. The molecule has 1 amide bonds. The van der Waals surface area contributed by atoms with Gasteiger partial charge >= 0.3 is 0 Å². The molecule has 0 aromatic heterocycles. The number of fused-ring (bicyclic) bond motifs is 2. The number of hydrogen-bond acceptors (Lipinski definition) is 8. The zero-order chi connectivity index (χ0) is 27.0. The number of benzene rings is 2. The molecule has 0 aliphatic carbocycles. The van der Waals surface area contributed by atoms with Crippen LogP contribution in [0.25, 0.3) is 0 Å². The van der Waals surface area contributed by atoms with Crippen molar-refractivity contribution >= 4 is 17.4 Å². The molecule has 4 rings (SSSR count). The minimum absolute atomic E-state index is 0.00559. The number of likely N-dealkylation sites (tertiary alicyclic amines) is 1.